The number of aliphatic hydroxyl groups is 2. The highest BCUT2D eigenvalue weighted by Gasteiger charge is 2.45. The van der Waals surface area contributed by atoms with Crippen LogP contribution in [0.5, 0.6) is 0 Å². The van der Waals surface area contributed by atoms with Crippen molar-refractivity contribution in [1.29, 1.82) is 0 Å². The second-order valence-corrected chi connectivity index (χ2v) is 6.14. The SMILES string of the molecule is NC(=O)c1ncn([C@@H]2O[C@H](COC(=O)[C@@H]([NH3+])CCCC[NH3+])C(O)[C@H]2O)n1. The Labute approximate surface area is 149 Å². The third-order valence-electron chi connectivity index (χ3n) is 4.10. The van der Waals surface area contributed by atoms with Crippen LogP contribution in [0.2, 0.25) is 0 Å². The maximum Gasteiger partial charge on any atom is 0.364 e. The van der Waals surface area contributed by atoms with E-state index in [9.17, 15) is 19.8 Å². The van der Waals surface area contributed by atoms with Crippen molar-refractivity contribution in [2.45, 2.75) is 49.8 Å². The van der Waals surface area contributed by atoms with Crippen LogP contribution in [0.3, 0.4) is 0 Å². The van der Waals surface area contributed by atoms with Crippen molar-refractivity contribution in [2.24, 2.45) is 5.73 Å². The number of aromatic nitrogens is 3. The Balaban J connectivity index is 1.88. The Morgan fingerprint density at radius 3 is 2.73 bits per heavy atom. The zero-order valence-corrected chi connectivity index (χ0v) is 14.4. The van der Waals surface area contributed by atoms with Gasteiger partial charge in [-0.3, -0.25) is 4.79 Å². The van der Waals surface area contributed by atoms with Crippen LogP contribution < -0.4 is 17.2 Å². The van der Waals surface area contributed by atoms with E-state index >= 15 is 0 Å². The van der Waals surface area contributed by atoms with Crippen LogP contribution in [0.15, 0.2) is 6.33 Å². The van der Waals surface area contributed by atoms with Crippen LogP contribution in [0.1, 0.15) is 36.1 Å². The molecule has 0 bridgehead atoms. The number of hydrogen-bond acceptors (Lipinski definition) is 8. The highest BCUT2D eigenvalue weighted by molar-refractivity contribution is 5.88. The molecule has 2 heterocycles. The minimum absolute atomic E-state index is 0.243. The van der Waals surface area contributed by atoms with Gasteiger partial charge in [-0.2, -0.15) is 0 Å². The Kier molecular flexibility index (Phi) is 6.99. The Hall–Kier alpha value is -2.12. The monoisotopic (exact) mass is 374 g/mol. The quantitative estimate of drug-likeness (QED) is 0.210. The third-order valence-corrected chi connectivity index (χ3v) is 4.10. The minimum Gasteiger partial charge on any atom is -0.458 e. The van der Waals surface area contributed by atoms with Gasteiger partial charge < -0.3 is 36.9 Å². The van der Waals surface area contributed by atoms with Crippen molar-refractivity contribution < 1.29 is 40.7 Å². The summed E-state index contributed by atoms with van der Waals surface area (Å²) in [5.74, 6) is -1.57. The molecule has 12 heteroatoms. The summed E-state index contributed by atoms with van der Waals surface area (Å²) in [5.41, 5.74) is 12.6. The van der Waals surface area contributed by atoms with Crippen molar-refractivity contribution in [3.63, 3.8) is 0 Å². The van der Waals surface area contributed by atoms with Crippen LogP contribution in [0.4, 0.5) is 0 Å². The van der Waals surface area contributed by atoms with Crippen LogP contribution in [-0.4, -0.2) is 74.4 Å². The molecule has 2 rings (SSSR count). The number of ether oxygens (including phenoxy) is 2. The fourth-order valence-electron chi connectivity index (χ4n) is 2.56. The summed E-state index contributed by atoms with van der Waals surface area (Å²) in [6.07, 6.45) is -1.20. The maximum atomic E-state index is 11.9. The van der Waals surface area contributed by atoms with E-state index in [1.54, 1.807) is 0 Å². The number of unbranched alkanes of at least 4 members (excludes halogenated alkanes) is 1. The molecule has 10 N–H and O–H groups in total. The average Bonchev–Trinajstić information content (AvgIpc) is 3.20. The largest absolute Gasteiger partial charge is 0.458 e. The lowest BCUT2D eigenvalue weighted by molar-refractivity contribution is -0.411. The number of aliphatic hydroxyl groups excluding tert-OH is 2. The van der Waals surface area contributed by atoms with Crippen LogP contribution in [0, 0.1) is 0 Å². The standard InChI is InChI=1S/C14H24N6O6/c15-4-2-1-3-7(16)14(24)25-5-8-9(21)10(22)13(26-8)20-6-18-12(19-20)11(17)23/h6-10,13,21-22H,1-5,15-16H2,(H2,17,23)/p+2/t7-,8+,9?,10+,13+/m0/s1. The van der Waals surface area contributed by atoms with E-state index in [4.69, 9.17) is 15.2 Å². The molecule has 1 aromatic heterocycles. The van der Waals surface area contributed by atoms with E-state index in [1.807, 2.05) is 0 Å². The van der Waals surface area contributed by atoms with Gasteiger partial charge in [0.15, 0.2) is 12.3 Å². The molecule has 5 atom stereocenters. The summed E-state index contributed by atoms with van der Waals surface area (Å²) in [6.45, 7) is 0.551. The molecule has 0 aliphatic carbocycles. The van der Waals surface area contributed by atoms with E-state index in [1.165, 1.54) is 0 Å². The van der Waals surface area contributed by atoms with E-state index in [-0.39, 0.29) is 12.4 Å². The van der Waals surface area contributed by atoms with Crippen LogP contribution in [0.25, 0.3) is 0 Å². The Morgan fingerprint density at radius 2 is 2.12 bits per heavy atom. The molecule has 0 radical (unpaired) electrons. The maximum absolute atomic E-state index is 11.9. The molecule has 1 fully saturated rings. The van der Waals surface area contributed by atoms with E-state index in [0.717, 1.165) is 30.4 Å². The van der Waals surface area contributed by atoms with Gasteiger partial charge in [-0.25, -0.2) is 14.5 Å². The summed E-state index contributed by atoms with van der Waals surface area (Å²) in [4.78, 5) is 26.7. The first kappa shape index (κ1) is 20.2. The van der Waals surface area contributed by atoms with Gasteiger partial charge in [-0.15, -0.1) is 5.10 Å². The van der Waals surface area contributed by atoms with Gasteiger partial charge in [-0.05, 0) is 12.8 Å². The van der Waals surface area contributed by atoms with Gasteiger partial charge in [0.05, 0.1) is 6.54 Å². The zero-order chi connectivity index (χ0) is 19.3. The number of nitrogens with zero attached hydrogens (tertiary/aromatic N) is 3. The lowest BCUT2D eigenvalue weighted by Gasteiger charge is -2.15. The van der Waals surface area contributed by atoms with Crippen molar-refractivity contribution in [1.82, 2.24) is 14.8 Å². The summed E-state index contributed by atoms with van der Waals surface area (Å²) in [5, 5.41) is 24.0. The molecule has 146 valence electrons. The number of carbonyl (C=O) groups excluding carboxylic acids is 2. The highest BCUT2D eigenvalue weighted by Crippen LogP contribution is 2.29. The molecule has 1 aromatic rings. The fourth-order valence-corrected chi connectivity index (χ4v) is 2.56. The number of esters is 1. The number of amides is 1. The van der Waals surface area contributed by atoms with Crippen molar-refractivity contribution in [3.05, 3.63) is 12.2 Å². The van der Waals surface area contributed by atoms with E-state index in [2.05, 4.69) is 21.5 Å². The first-order valence-corrected chi connectivity index (χ1v) is 8.36. The molecule has 1 aliphatic rings. The first-order valence-electron chi connectivity index (χ1n) is 8.36. The predicted octanol–water partition coefficient (Wildman–Crippen LogP) is -4.44. The number of hydrogen-bond donors (Lipinski definition) is 5. The molecule has 1 aliphatic heterocycles. The van der Waals surface area contributed by atoms with Gasteiger partial charge in [0, 0.05) is 6.42 Å². The number of primary amides is 1. The smallest absolute Gasteiger partial charge is 0.364 e. The molecule has 0 aromatic carbocycles. The topological polar surface area (TPSA) is 205 Å². The summed E-state index contributed by atoms with van der Waals surface area (Å²) >= 11 is 0. The van der Waals surface area contributed by atoms with Crippen molar-refractivity contribution in [3.8, 4) is 0 Å². The Morgan fingerprint density at radius 1 is 1.38 bits per heavy atom. The molecule has 12 nitrogen and oxygen atoms in total. The lowest BCUT2D eigenvalue weighted by atomic mass is 10.1. The zero-order valence-electron chi connectivity index (χ0n) is 14.4. The number of quaternary nitrogens is 2. The molecule has 0 saturated carbocycles. The predicted molar refractivity (Wildman–Crippen MR) is 83.7 cm³/mol. The molecule has 1 unspecified atom stereocenters. The van der Waals surface area contributed by atoms with Gasteiger partial charge in [0.25, 0.3) is 5.91 Å². The summed E-state index contributed by atoms with van der Waals surface area (Å²) in [7, 11) is 0. The van der Waals surface area contributed by atoms with E-state index in [0.29, 0.717) is 6.42 Å². The Bertz CT molecular complexity index is 625. The number of nitrogens with two attached hydrogens (primary N) is 1. The summed E-state index contributed by atoms with van der Waals surface area (Å²) < 4.78 is 11.7. The molecule has 1 amide bonds. The minimum atomic E-state index is -1.34. The summed E-state index contributed by atoms with van der Waals surface area (Å²) in [6, 6.07) is -0.519. The normalized spacial score (nSPS) is 26.6. The van der Waals surface area contributed by atoms with Gasteiger partial charge in [-0.1, -0.05) is 0 Å². The molecule has 0 spiro atoms. The van der Waals surface area contributed by atoms with Gasteiger partial charge in [0.1, 0.15) is 31.2 Å². The fraction of sp³-hybridized carbons (Fsp3) is 0.714. The third kappa shape index (κ3) is 4.74. The molecule has 26 heavy (non-hydrogen) atoms. The van der Waals surface area contributed by atoms with Crippen LogP contribution >= 0.6 is 0 Å². The van der Waals surface area contributed by atoms with Crippen molar-refractivity contribution >= 4 is 11.9 Å². The van der Waals surface area contributed by atoms with Crippen LogP contribution in [-0.2, 0) is 14.3 Å². The number of carbonyl (C=O) groups is 2. The average molecular weight is 374 g/mol. The number of rotatable bonds is 9. The lowest BCUT2D eigenvalue weighted by Crippen LogP contribution is -2.65. The van der Waals surface area contributed by atoms with E-state index < -0.39 is 42.5 Å². The second-order valence-electron chi connectivity index (χ2n) is 6.14. The van der Waals surface area contributed by atoms with Gasteiger partial charge >= 0.3 is 5.97 Å². The molecular weight excluding hydrogens is 348 g/mol. The highest BCUT2D eigenvalue weighted by atomic mass is 16.6. The molecular formula is C14H26N6O6+2. The van der Waals surface area contributed by atoms with Gasteiger partial charge in [0.2, 0.25) is 5.82 Å². The van der Waals surface area contributed by atoms with Crippen molar-refractivity contribution in [2.75, 3.05) is 13.2 Å². The first-order chi connectivity index (χ1) is 12.3. The molecule has 1 saturated heterocycles. The second kappa shape index (κ2) is 9.00.